The van der Waals surface area contributed by atoms with Gasteiger partial charge in [0.05, 0.1) is 5.56 Å². The van der Waals surface area contributed by atoms with Gasteiger partial charge in [-0.3, -0.25) is 4.79 Å². The van der Waals surface area contributed by atoms with Gasteiger partial charge in [0, 0.05) is 12.6 Å². The molecule has 0 radical (unpaired) electrons. The van der Waals surface area contributed by atoms with Crippen LogP contribution in [0.25, 0.3) is 0 Å². The highest BCUT2D eigenvalue weighted by Gasteiger charge is 2.13. The largest absolute Gasteiger partial charge is 0.422 e. The molecule has 1 N–H and O–H groups in total. The van der Waals surface area contributed by atoms with Crippen LogP contribution in [0, 0.1) is 20.8 Å². The highest BCUT2D eigenvalue weighted by Crippen LogP contribution is 2.26. The van der Waals surface area contributed by atoms with E-state index in [1.54, 1.807) is 24.3 Å². The van der Waals surface area contributed by atoms with Crippen molar-refractivity contribution < 1.29 is 14.3 Å². The summed E-state index contributed by atoms with van der Waals surface area (Å²) in [6.45, 7) is 7.26. The summed E-state index contributed by atoms with van der Waals surface area (Å²) in [6, 6.07) is 10.6. The minimum atomic E-state index is -0.411. The predicted molar refractivity (Wildman–Crippen MR) is 86.4 cm³/mol. The van der Waals surface area contributed by atoms with Gasteiger partial charge in [0.2, 0.25) is 5.91 Å². The molecule has 4 nitrogen and oxygen atoms in total. The van der Waals surface area contributed by atoms with Gasteiger partial charge >= 0.3 is 5.97 Å². The predicted octanol–water partition coefficient (Wildman–Crippen LogP) is 3.79. The monoisotopic (exact) mass is 297 g/mol. The molecular formula is C18H19NO3. The van der Waals surface area contributed by atoms with E-state index in [-0.39, 0.29) is 5.91 Å². The summed E-state index contributed by atoms with van der Waals surface area (Å²) < 4.78 is 5.54. The van der Waals surface area contributed by atoms with Crippen molar-refractivity contribution in [2.45, 2.75) is 27.7 Å². The number of benzene rings is 2. The molecule has 0 heterocycles. The lowest BCUT2D eigenvalue weighted by Crippen LogP contribution is -2.11. The Morgan fingerprint density at radius 2 is 1.50 bits per heavy atom. The van der Waals surface area contributed by atoms with Crippen LogP contribution in [0.3, 0.4) is 0 Å². The number of hydrogen-bond acceptors (Lipinski definition) is 3. The molecule has 2 aromatic carbocycles. The van der Waals surface area contributed by atoms with Crippen molar-refractivity contribution >= 4 is 17.6 Å². The van der Waals surface area contributed by atoms with Crippen molar-refractivity contribution in [3.8, 4) is 5.75 Å². The fourth-order valence-electron chi connectivity index (χ4n) is 2.13. The van der Waals surface area contributed by atoms with Gasteiger partial charge in [-0.05, 0) is 61.7 Å². The average molecular weight is 297 g/mol. The molecule has 0 aliphatic heterocycles. The number of rotatable bonds is 3. The van der Waals surface area contributed by atoms with Gasteiger partial charge in [0.1, 0.15) is 5.75 Å². The van der Waals surface area contributed by atoms with E-state index in [1.165, 1.54) is 6.92 Å². The summed E-state index contributed by atoms with van der Waals surface area (Å²) >= 11 is 0. The van der Waals surface area contributed by atoms with Crippen LogP contribution < -0.4 is 10.1 Å². The SMILES string of the molecule is CC(=O)Nc1ccc(C(=O)Oc2c(C)ccc(C)c2C)cc1. The van der Waals surface area contributed by atoms with Crippen molar-refractivity contribution in [2.24, 2.45) is 0 Å². The van der Waals surface area contributed by atoms with E-state index in [0.29, 0.717) is 17.0 Å². The maximum atomic E-state index is 12.3. The Morgan fingerprint density at radius 1 is 0.909 bits per heavy atom. The second kappa shape index (κ2) is 6.43. The smallest absolute Gasteiger partial charge is 0.343 e. The van der Waals surface area contributed by atoms with Crippen LogP contribution in [0.1, 0.15) is 34.0 Å². The van der Waals surface area contributed by atoms with Crippen molar-refractivity contribution in [1.82, 2.24) is 0 Å². The number of anilines is 1. The molecule has 0 spiro atoms. The van der Waals surface area contributed by atoms with E-state index in [4.69, 9.17) is 4.74 Å². The Bertz CT molecular complexity index is 718. The first-order valence-corrected chi connectivity index (χ1v) is 7.05. The molecule has 0 fully saturated rings. The first-order valence-electron chi connectivity index (χ1n) is 7.05. The van der Waals surface area contributed by atoms with Crippen LogP contribution in [-0.2, 0) is 4.79 Å². The molecule has 2 rings (SSSR count). The highest BCUT2D eigenvalue weighted by atomic mass is 16.5. The van der Waals surface area contributed by atoms with Gasteiger partial charge in [-0.25, -0.2) is 4.79 Å². The molecular weight excluding hydrogens is 278 g/mol. The third kappa shape index (κ3) is 3.52. The lowest BCUT2D eigenvalue weighted by Gasteiger charge is -2.12. The molecule has 114 valence electrons. The number of carbonyl (C=O) groups excluding carboxylic acids is 2. The van der Waals surface area contributed by atoms with Crippen LogP contribution in [0.5, 0.6) is 5.75 Å². The molecule has 0 aliphatic rings. The van der Waals surface area contributed by atoms with Gasteiger partial charge in [0.15, 0.2) is 0 Å². The molecule has 0 atom stereocenters. The molecule has 22 heavy (non-hydrogen) atoms. The van der Waals surface area contributed by atoms with Crippen LogP contribution in [0.15, 0.2) is 36.4 Å². The number of aryl methyl sites for hydroxylation is 2. The minimum absolute atomic E-state index is 0.152. The summed E-state index contributed by atoms with van der Waals surface area (Å²) in [6.07, 6.45) is 0. The van der Waals surface area contributed by atoms with Crippen LogP contribution in [0.4, 0.5) is 5.69 Å². The summed E-state index contributed by atoms with van der Waals surface area (Å²) in [4.78, 5) is 23.2. The summed E-state index contributed by atoms with van der Waals surface area (Å²) in [7, 11) is 0. The molecule has 0 saturated carbocycles. The molecule has 1 amide bonds. The van der Waals surface area contributed by atoms with Crippen molar-refractivity contribution in [1.29, 1.82) is 0 Å². The van der Waals surface area contributed by atoms with Crippen molar-refractivity contribution in [2.75, 3.05) is 5.32 Å². The number of nitrogens with one attached hydrogen (secondary N) is 1. The number of hydrogen-bond donors (Lipinski definition) is 1. The van der Waals surface area contributed by atoms with Gasteiger partial charge in [-0.1, -0.05) is 12.1 Å². The zero-order valence-corrected chi connectivity index (χ0v) is 13.2. The van der Waals surface area contributed by atoms with Gasteiger partial charge in [-0.15, -0.1) is 0 Å². The van der Waals surface area contributed by atoms with Gasteiger partial charge < -0.3 is 10.1 Å². The van der Waals surface area contributed by atoms with Crippen molar-refractivity contribution in [3.05, 3.63) is 58.7 Å². The maximum Gasteiger partial charge on any atom is 0.343 e. The zero-order valence-electron chi connectivity index (χ0n) is 13.2. The number of ether oxygens (including phenoxy) is 1. The number of carbonyl (C=O) groups is 2. The fraction of sp³-hybridized carbons (Fsp3) is 0.222. The van der Waals surface area contributed by atoms with E-state index in [1.807, 2.05) is 32.9 Å². The zero-order chi connectivity index (χ0) is 16.3. The first-order chi connectivity index (χ1) is 10.4. The Balaban J connectivity index is 2.19. The van der Waals surface area contributed by atoms with Crippen molar-refractivity contribution in [3.63, 3.8) is 0 Å². The lowest BCUT2D eigenvalue weighted by molar-refractivity contribution is -0.114. The molecule has 0 bridgehead atoms. The standard InChI is InChI=1S/C18H19NO3/c1-11-5-6-12(2)17(13(11)3)22-18(21)15-7-9-16(10-8-15)19-14(4)20/h5-10H,1-4H3,(H,19,20). The topological polar surface area (TPSA) is 55.4 Å². The van der Waals surface area contributed by atoms with E-state index < -0.39 is 5.97 Å². The normalized spacial score (nSPS) is 10.2. The summed E-state index contributed by atoms with van der Waals surface area (Å²) in [5, 5.41) is 2.66. The summed E-state index contributed by atoms with van der Waals surface area (Å²) in [5.41, 5.74) is 4.05. The fourth-order valence-corrected chi connectivity index (χ4v) is 2.13. The highest BCUT2D eigenvalue weighted by molar-refractivity contribution is 5.93. The second-order valence-electron chi connectivity index (χ2n) is 5.30. The number of esters is 1. The molecule has 0 unspecified atom stereocenters. The number of amides is 1. The van der Waals surface area contributed by atoms with E-state index in [9.17, 15) is 9.59 Å². The van der Waals surface area contributed by atoms with E-state index in [2.05, 4.69) is 5.32 Å². The first kappa shape index (κ1) is 15.8. The lowest BCUT2D eigenvalue weighted by atomic mass is 10.1. The molecule has 0 aromatic heterocycles. The van der Waals surface area contributed by atoms with Gasteiger partial charge in [0.25, 0.3) is 0 Å². The third-order valence-electron chi connectivity index (χ3n) is 3.51. The Hall–Kier alpha value is -2.62. The van der Waals surface area contributed by atoms with E-state index in [0.717, 1.165) is 16.7 Å². The molecule has 2 aromatic rings. The third-order valence-corrected chi connectivity index (χ3v) is 3.51. The average Bonchev–Trinajstić information content (AvgIpc) is 2.47. The Labute approximate surface area is 130 Å². The van der Waals surface area contributed by atoms with Crippen LogP contribution >= 0.6 is 0 Å². The molecule has 0 aliphatic carbocycles. The van der Waals surface area contributed by atoms with Gasteiger partial charge in [-0.2, -0.15) is 0 Å². The van der Waals surface area contributed by atoms with Crippen LogP contribution in [0.2, 0.25) is 0 Å². The quantitative estimate of drug-likeness (QED) is 0.692. The summed E-state index contributed by atoms with van der Waals surface area (Å²) in [5.74, 6) is 0.0449. The minimum Gasteiger partial charge on any atom is -0.422 e. The molecule has 4 heteroatoms. The second-order valence-corrected chi connectivity index (χ2v) is 5.30. The van der Waals surface area contributed by atoms with E-state index >= 15 is 0 Å². The molecule has 0 saturated heterocycles. The maximum absolute atomic E-state index is 12.3. The Kier molecular flexibility index (Phi) is 4.61. The van der Waals surface area contributed by atoms with Crippen LogP contribution in [-0.4, -0.2) is 11.9 Å². The Morgan fingerprint density at radius 3 is 2.09 bits per heavy atom.